The topological polar surface area (TPSA) is 141 Å². The lowest BCUT2D eigenvalue weighted by Gasteiger charge is -2.07. The molecule has 0 aromatic carbocycles. The third kappa shape index (κ3) is 4.53. The summed E-state index contributed by atoms with van der Waals surface area (Å²) in [6, 6.07) is -0.609. The highest BCUT2D eigenvalue weighted by atomic mass is 16.5. The molecule has 1 rings (SSSR count). The fraction of sp³-hybridized carbons (Fsp3) is 0.545. The summed E-state index contributed by atoms with van der Waals surface area (Å²) in [4.78, 5) is 34.5. The Bertz CT molecular complexity index is 527. The second kappa shape index (κ2) is 7.94. The van der Waals surface area contributed by atoms with Crippen LogP contribution in [0.2, 0.25) is 0 Å². The van der Waals surface area contributed by atoms with Crippen LogP contribution in [0.25, 0.3) is 0 Å². The first-order chi connectivity index (χ1) is 10.0. The Morgan fingerprint density at radius 2 is 2.05 bits per heavy atom. The van der Waals surface area contributed by atoms with Crippen molar-refractivity contribution < 1.29 is 19.1 Å². The Morgan fingerprint density at radius 3 is 2.62 bits per heavy atom. The molecule has 0 aliphatic rings. The maximum Gasteiger partial charge on any atom is 0.360 e. The lowest BCUT2D eigenvalue weighted by atomic mass is 10.3. The Kier molecular flexibility index (Phi) is 6.27. The van der Waals surface area contributed by atoms with Gasteiger partial charge in [0.2, 0.25) is 5.91 Å². The molecule has 3 amide bonds. The molecule has 0 saturated carbocycles. The number of ether oxygens (including phenoxy) is 1. The number of hydrogen-bond acceptors (Lipinski definition) is 7. The van der Waals surface area contributed by atoms with Crippen LogP contribution in [0.4, 0.5) is 4.79 Å². The van der Waals surface area contributed by atoms with Crippen LogP contribution in [0.3, 0.4) is 0 Å². The summed E-state index contributed by atoms with van der Waals surface area (Å²) in [6.45, 7) is 3.63. The van der Waals surface area contributed by atoms with Gasteiger partial charge in [0.05, 0.1) is 12.3 Å². The molecule has 4 N–H and O–H groups in total. The van der Waals surface area contributed by atoms with E-state index in [1.54, 1.807) is 13.8 Å². The molecule has 21 heavy (non-hydrogen) atoms. The number of nitrogens with one attached hydrogen (secondary N) is 2. The van der Waals surface area contributed by atoms with Crippen molar-refractivity contribution in [1.29, 1.82) is 0 Å². The summed E-state index contributed by atoms with van der Waals surface area (Å²) in [5.74, 6) is -1.26. The summed E-state index contributed by atoms with van der Waals surface area (Å²) >= 11 is 0. The third-order valence-corrected chi connectivity index (χ3v) is 2.38. The van der Waals surface area contributed by atoms with Gasteiger partial charge in [0.1, 0.15) is 6.54 Å². The number of nitrogens with two attached hydrogens (primary N) is 1. The van der Waals surface area contributed by atoms with Crippen molar-refractivity contribution in [3.63, 3.8) is 0 Å². The maximum absolute atomic E-state index is 11.7. The summed E-state index contributed by atoms with van der Waals surface area (Å²) in [6.07, 6.45) is 0. The molecule has 0 radical (unpaired) electrons. The average molecular weight is 298 g/mol. The lowest BCUT2D eigenvalue weighted by molar-refractivity contribution is -0.120. The molecular formula is C11H18N6O4. The number of esters is 1. The average Bonchev–Trinajstić information content (AvgIpc) is 2.81. The number of aromatic nitrogens is 3. The number of carbonyl (C=O) groups excluding carboxylic acids is 3. The van der Waals surface area contributed by atoms with E-state index in [-0.39, 0.29) is 31.1 Å². The number of carbonyl (C=O) groups is 3. The van der Waals surface area contributed by atoms with Crippen LogP contribution in [-0.2, 0) is 22.6 Å². The zero-order chi connectivity index (χ0) is 15.8. The van der Waals surface area contributed by atoms with Crippen molar-refractivity contribution in [2.45, 2.75) is 26.9 Å². The molecule has 0 fully saturated rings. The first kappa shape index (κ1) is 16.6. The van der Waals surface area contributed by atoms with Gasteiger partial charge >= 0.3 is 12.0 Å². The van der Waals surface area contributed by atoms with Gasteiger partial charge in [0.25, 0.3) is 0 Å². The molecule has 1 aromatic rings. The lowest BCUT2D eigenvalue weighted by Crippen LogP contribution is -2.41. The van der Waals surface area contributed by atoms with E-state index >= 15 is 0 Å². The molecule has 0 unspecified atom stereocenters. The highest BCUT2D eigenvalue weighted by Crippen LogP contribution is 2.06. The Labute approximate surface area is 121 Å². The first-order valence-electron chi connectivity index (χ1n) is 6.40. The second-order valence-electron chi connectivity index (χ2n) is 3.87. The van der Waals surface area contributed by atoms with Gasteiger partial charge in [-0.15, -0.1) is 5.10 Å². The first-order valence-corrected chi connectivity index (χ1v) is 6.40. The minimum Gasteiger partial charge on any atom is -0.461 e. The molecule has 0 bridgehead atoms. The van der Waals surface area contributed by atoms with Gasteiger partial charge in [0.15, 0.2) is 5.69 Å². The van der Waals surface area contributed by atoms with Crippen molar-refractivity contribution in [2.75, 3.05) is 13.2 Å². The monoisotopic (exact) mass is 298 g/mol. The predicted octanol–water partition coefficient (Wildman–Crippen LogP) is -1.24. The molecule has 10 heteroatoms. The number of imide groups is 1. The SMILES string of the molecule is CCNC(=O)NC(=O)Cn1nnc(C(=O)OCC)c1CN. The molecule has 0 aliphatic heterocycles. The molecule has 116 valence electrons. The van der Waals surface area contributed by atoms with Gasteiger partial charge in [0, 0.05) is 13.1 Å². The zero-order valence-electron chi connectivity index (χ0n) is 11.9. The van der Waals surface area contributed by atoms with E-state index in [1.165, 1.54) is 0 Å². The largest absolute Gasteiger partial charge is 0.461 e. The van der Waals surface area contributed by atoms with E-state index in [0.29, 0.717) is 6.54 Å². The van der Waals surface area contributed by atoms with Crippen LogP contribution in [0, 0.1) is 0 Å². The van der Waals surface area contributed by atoms with Crippen LogP contribution in [0.1, 0.15) is 30.0 Å². The summed E-state index contributed by atoms with van der Waals surface area (Å²) in [7, 11) is 0. The normalized spacial score (nSPS) is 10.0. The number of rotatable bonds is 6. The minimum atomic E-state index is -0.659. The molecule has 0 atom stereocenters. The molecule has 0 saturated heterocycles. The van der Waals surface area contributed by atoms with Gasteiger partial charge in [-0.25, -0.2) is 14.3 Å². The fourth-order valence-electron chi connectivity index (χ4n) is 1.53. The van der Waals surface area contributed by atoms with E-state index in [1.807, 2.05) is 0 Å². The second-order valence-corrected chi connectivity index (χ2v) is 3.87. The number of urea groups is 1. The summed E-state index contributed by atoms with van der Waals surface area (Å²) in [5.41, 5.74) is 5.76. The van der Waals surface area contributed by atoms with Crippen molar-refractivity contribution in [1.82, 2.24) is 25.6 Å². The maximum atomic E-state index is 11.7. The predicted molar refractivity (Wildman–Crippen MR) is 71.1 cm³/mol. The molecule has 0 aliphatic carbocycles. The van der Waals surface area contributed by atoms with E-state index < -0.39 is 17.9 Å². The van der Waals surface area contributed by atoms with Gasteiger partial charge in [-0.1, -0.05) is 5.21 Å². The van der Waals surface area contributed by atoms with Crippen LogP contribution < -0.4 is 16.4 Å². The molecular weight excluding hydrogens is 280 g/mol. The Morgan fingerprint density at radius 1 is 1.33 bits per heavy atom. The van der Waals surface area contributed by atoms with Crippen molar-refractivity contribution in [3.8, 4) is 0 Å². The van der Waals surface area contributed by atoms with E-state index in [4.69, 9.17) is 10.5 Å². The quantitative estimate of drug-likeness (QED) is 0.557. The van der Waals surface area contributed by atoms with Crippen molar-refractivity contribution in [2.24, 2.45) is 5.73 Å². The van der Waals surface area contributed by atoms with Crippen molar-refractivity contribution in [3.05, 3.63) is 11.4 Å². The van der Waals surface area contributed by atoms with Gasteiger partial charge in [-0.2, -0.15) is 0 Å². The standard InChI is InChI=1S/C11H18N6O4/c1-3-13-11(20)14-8(18)6-17-7(5-12)9(15-16-17)10(19)21-4-2/h3-6,12H2,1-2H3,(H2,13,14,18,20). The fourth-order valence-corrected chi connectivity index (χ4v) is 1.53. The van der Waals surface area contributed by atoms with Crippen LogP contribution in [0.15, 0.2) is 0 Å². The van der Waals surface area contributed by atoms with E-state index in [9.17, 15) is 14.4 Å². The Balaban J connectivity index is 2.78. The van der Waals surface area contributed by atoms with Gasteiger partial charge < -0.3 is 15.8 Å². The Hall–Kier alpha value is -2.49. The highest BCUT2D eigenvalue weighted by molar-refractivity contribution is 5.94. The summed E-state index contributed by atoms with van der Waals surface area (Å²) < 4.78 is 5.96. The molecule has 1 heterocycles. The summed E-state index contributed by atoms with van der Waals surface area (Å²) in [5, 5.41) is 11.9. The van der Waals surface area contributed by atoms with E-state index in [0.717, 1.165) is 4.68 Å². The number of amides is 3. The molecule has 10 nitrogen and oxygen atoms in total. The molecule has 0 spiro atoms. The van der Waals surface area contributed by atoms with Crippen LogP contribution in [0.5, 0.6) is 0 Å². The smallest absolute Gasteiger partial charge is 0.360 e. The zero-order valence-corrected chi connectivity index (χ0v) is 11.9. The number of hydrogen-bond donors (Lipinski definition) is 3. The van der Waals surface area contributed by atoms with Crippen LogP contribution in [-0.4, -0.2) is 46.1 Å². The van der Waals surface area contributed by atoms with E-state index in [2.05, 4.69) is 20.9 Å². The van der Waals surface area contributed by atoms with Crippen LogP contribution >= 0.6 is 0 Å². The van der Waals surface area contributed by atoms with Gasteiger partial charge in [-0.05, 0) is 13.8 Å². The van der Waals surface area contributed by atoms with Crippen molar-refractivity contribution >= 4 is 17.9 Å². The highest BCUT2D eigenvalue weighted by Gasteiger charge is 2.21. The minimum absolute atomic E-state index is 0.0369. The third-order valence-electron chi connectivity index (χ3n) is 2.38. The molecule has 1 aromatic heterocycles. The number of nitrogens with zero attached hydrogens (tertiary/aromatic N) is 3. The van der Waals surface area contributed by atoms with Gasteiger partial charge in [-0.3, -0.25) is 10.1 Å².